The first-order valence-corrected chi connectivity index (χ1v) is 10.9. The molecule has 0 aliphatic carbocycles. The van der Waals surface area contributed by atoms with Gasteiger partial charge in [-0.2, -0.15) is 4.31 Å². The summed E-state index contributed by atoms with van der Waals surface area (Å²) in [7, 11) is -0.688. The molecule has 29 heavy (non-hydrogen) atoms. The molecule has 1 unspecified atom stereocenters. The molecule has 1 aliphatic heterocycles. The summed E-state index contributed by atoms with van der Waals surface area (Å²) in [6, 6.07) is 14.2. The first-order chi connectivity index (χ1) is 13.9. The lowest BCUT2D eigenvalue weighted by atomic mass is 10.0. The van der Waals surface area contributed by atoms with E-state index >= 15 is 0 Å². The second-order valence-electron chi connectivity index (χ2n) is 7.00. The molecule has 0 bridgehead atoms. The largest absolute Gasteiger partial charge is 0.493 e. The van der Waals surface area contributed by atoms with Crippen LogP contribution in [0.2, 0.25) is 0 Å². The van der Waals surface area contributed by atoms with Crippen LogP contribution in [0.4, 0.5) is 0 Å². The number of hydrogen-bond donors (Lipinski definition) is 1. The average Bonchev–Trinajstić information content (AvgIpc) is 3.21. The molecule has 7 nitrogen and oxygen atoms in total. The fourth-order valence-electron chi connectivity index (χ4n) is 3.44. The van der Waals surface area contributed by atoms with E-state index in [1.807, 2.05) is 30.3 Å². The third kappa shape index (κ3) is 5.07. The number of nitrogens with zero attached hydrogens (tertiary/aromatic N) is 1. The molecule has 0 saturated carbocycles. The van der Waals surface area contributed by atoms with E-state index < -0.39 is 10.0 Å². The molecule has 1 atom stereocenters. The van der Waals surface area contributed by atoms with Crippen LogP contribution in [0.1, 0.15) is 18.4 Å². The lowest BCUT2D eigenvalue weighted by molar-refractivity contribution is -0.122. The van der Waals surface area contributed by atoms with E-state index in [4.69, 9.17) is 9.47 Å². The highest BCUT2D eigenvalue weighted by Crippen LogP contribution is 2.32. The number of nitrogens with one attached hydrogen (secondary N) is 1. The summed E-state index contributed by atoms with van der Waals surface area (Å²) in [5, 5.41) is 2.90. The van der Waals surface area contributed by atoms with E-state index in [1.54, 1.807) is 6.07 Å². The van der Waals surface area contributed by atoms with Crippen molar-refractivity contribution in [2.75, 3.05) is 27.3 Å². The average molecular weight is 419 g/mol. The highest BCUT2D eigenvalue weighted by Gasteiger charge is 2.33. The lowest BCUT2D eigenvalue weighted by Gasteiger charge is -2.18. The first kappa shape index (κ1) is 21.1. The van der Waals surface area contributed by atoms with Crippen LogP contribution in [0.5, 0.6) is 11.5 Å². The second-order valence-corrected chi connectivity index (χ2v) is 8.94. The van der Waals surface area contributed by atoms with Crippen LogP contribution in [-0.4, -0.2) is 45.9 Å². The van der Waals surface area contributed by atoms with Gasteiger partial charge in [-0.1, -0.05) is 30.3 Å². The smallest absolute Gasteiger partial charge is 0.243 e. The molecule has 0 radical (unpaired) electrons. The van der Waals surface area contributed by atoms with E-state index in [1.165, 1.54) is 30.7 Å². The van der Waals surface area contributed by atoms with Crippen molar-refractivity contribution >= 4 is 15.9 Å². The van der Waals surface area contributed by atoms with Gasteiger partial charge in [0.1, 0.15) is 0 Å². The zero-order chi connectivity index (χ0) is 20.9. The number of sulfonamides is 1. The number of carbonyl (C=O) groups excluding carboxylic acids is 1. The van der Waals surface area contributed by atoms with Gasteiger partial charge in [0.15, 0.2) is 11.5 Å². The van der Waals surface area contributed by atoms with Crippen molar-refractivity contribution in [2.24, 2.45) is 5.92 Å². The van der Waals surface area contributed by atoms with E-state index in [0.29, 0.717) is 44.0 Å². The van der Waals surface area contributed by atoms with Crippen LogP contribution >= 0.6 is 0 Å². The van der Waals surface area contributed by atoms with Crippen LogP contribution in [0, 0.1) is 5.92 Å². The highest BCUT2D eigenvalue weighted by atomic mass is 32.2. The lowest BCUT2D eigenvalue weighted by Crippen LogP contribution is -2.30. The molecule has 1 amide bonds. The molecule has 2 aromatic rings. The summed E-state index contributed by atoms with van der Waals surface area (Å²) in [5.41, 5.74) is 1.03. The number of carbonyl (C=O) groups is 1. The van der Waals surface area contributed by atoms with Gasteiger partial charge in [0.25, 0.3) is 0 Å². The van der Waals surface area contributed by atoms with Gasteiger partial charge in [-0.25, -0.2) is 8.42 Å². The molecule has 1 fully saturated rings. The third-order valence-corrected chi connectivity index (χ3v) is 6.91. The Labute approximate surface area is 171 Å². The van der Waals surface area contributed by atoms with Crippen molar-refractivity contribution in [3.8, 4) is 11.5 Å². The van der Waals surface area contributed by atoms with Crippen LogP contribution < -0.4 is 14.8 Å². The minimum atomic E-state index is -3.65. The number of methoxy groups -OCH3 is 2. The van der Waals surface area contributed by atoms with Crippen molar-refractivity contribution in [3.05, 3.63) is 54.1 Å². The molecule has 0 aromatic heterocycles. The van der Waals surface area contributed by atoms with Crippen LogP contribution in [0.3, 0.4) is 0 Å². The van der Waals surface area contributed by atoms with Crippen molar-refractivity contribution in [1.82, 2.24) is 9.62 Å². The van der Waals surface area contributed by atoms with Gasteiger partial charge < -0.3 is 14.8 Å². The standard InChI is InChI=1S/C21H26N2O5S/c1-27-19-9-8-18(13-20(19)28-2)29(25,26)23-11-10-17(15-23)12-21(24)22-14-16-6-4-3-5-7-16/h3-9,13,17H,10-12,14-15H2,1-2H3,(H,22,24). The molecule has 1 aliphatic rings. The Balaban J connectivity index is 1.58. The molecule has 1 N–H and O–H groups in total. The molecule has 156 valence electrons. The molecular weight excluding hydrogens is 392 g/mol. The first-order valence-electron chi connectivity index (χ1n) is 9.47. The van der Waals surface area contributed by atoms with Crippen molar-refractivity contribution in [2.45, 2.75) is 24.3 Å². The molecule has 1 saturated heterocycles. The molecule has 3 rings (SSSR count). The van der Waals surface area contributed by atoms with Crippen molar-refractivity contribution in [1.29, 1.82) is 0 Å². The van der Waals surface area contributed by atoms with Gasteiger partial charge in [0.2, 0.25) is 15.9 Å². The van der Waals surface area contributed by atoms with Gasteiger partial charge in [-0.15, -0.1) is 0 Å². The predicted octanol–water partition coefficient (Wildman–Crippen LogP) is 2.42. The van der Waals surface area contributed by atoms with Gasteiger partial charge in [-0.3, -0.25) is 4.79 Å². The zero-order valence-electron chi connectivity index (χ0n) is 16.6. The normalized spacial score (nSPS) is 17.1. The minimum Gasteiger partial charge on any atom is -0.493 e. The Hall–Kier alpha value is -2.58. The van der Waals surface area contributed by atoms with Gasteiger partial charge in [0.05, 0.1) is 19.1 Å². The molecule has 0 spiro atoms. The van der Waals surface area contributed by atoms with Gasteiger partial charge in [0, 0.05) is 32.1 Å². The fourth-order valence-corrected chi connectivity index (χ4v) is 4.99. The third-order valence-electron chi connectivity index (χ3n) is 5.05. The maximum absolute atomic E-state index is 13.0. The van der Waals surface area contributed by atoms with E-state index in [0.717, 1.165) is 5.56 Å². The van der Waals surface area contributed by atoms with Crippen LogP contribution in [0.15, 0.2) is 53.4 Å². The maximum atomic E-state index is 13.0. The minimum absolute atomic E-state index is 0.000641. The van der Waals surface area contributed by atoms with Crippen molar-refractivity contribution < 1.29 is 22.7 Å². The monoisotopic (exact) mass is 418 g/mol. The number of benzene rings is 2. The Morgan fingerprint density at radius 1 is 1.10 bits per heavy atom. The molecule has 2 aromatic carbocycles. The summed E-state index contributed by atoms with van der Waals surface area (Å²) in [5.74, 6) is 0.773. The summed E-state index contributed by atoms with van der Waals surface area (Å²) in [6.07, 6.45) is 0.968. The van der Waals surface area contributed by atoms with Gasteiger partial charge in [-0.05, 0) is 30.0 Å². The summed E-state index contributed by atoms with van der Waals surface area (Å²) < 4.78 is 37.8. The van der Waals surface area contributed by atoms with E-state index in [2.05, 4.69) is 5.32 Å². The van der Waals surface area contributed by atoms with Gasteiger partial charge >= 0.3 is 0 Å². The highest BCUT2D eigenvalue weighted by molar-refractivity contribution is 7.89. The quantitative estimate of drug-likeness (QED) is 0.712. The van der Waals surface area contributed by atoms with Crippen molar-refractivity contribution in [3.63, 3.8) is 0 Å². The zero-order valence-corrected chi connectivity index (χ0v) is 17.4. The number of ether oxygens (including phenoxy) is 2. The Morgan fingerprint density at radius 2 is 1.83 bits per heavy atom. The molecular formula is C21H26N2O5S. The molecule has 8 heteroatoms. The fraction of sp³-hybridized carbons (Fsp3) is 0.381. The van der Waals surface area contributed by atoms with Crippen LogP contribution in [0.25, 0.3) is 0 Å². The topological polar surface area (TPSA) is 84.9 Å². The summed E-state index contributed by atoms with van der Waals surface area (Å²) >= 11 is 0. The van der Waals surface area contributed by atoms with E-state index in [-0.39, 0.29) is 16.7 Å². The number of hydrogen-bond acceptors (Lipinski definition) is 5. The Kier molecular flexibility index (Phi) is 6.76. The second kappa shape index (κ2) is 9.28. The maximum Gasteiger partial charge on any atom is 0.243 e. The number of rotatable bonds is 8. The summed E-state index contributed by atoms with van der Waals surface area (Å²) in [6.45, 7) is 1.20. The molecule has 1 heterocycles. The Bertz CT molecular complexity index is 947. The SMILES string of the molecule is COc1ccc(S(=O)(=O)N2CCC(CC(=O)NCc3ccccc3)C2)cc1OC. The van der Waals surface area contributed by atoms with Crippen LogP contribution in [-0.2, 0) is 21.4 Å². The summed E-state index contributed by atoms with van der Waals surface area (Å²) in [4.78, 5) is 12.4. The predicted molar refractivity (Wildman–Crippen MR) is 109 cm³/mol. The Morgan fingerprint density at radius 3 is 2.52 bits per heavy atom. The van der Waals surface area contributed by atoms with E-state index in [9.17, 15) is 13.2 Å². The number of amides is 1.